The molecule has 0 spiro atoms. The highest BCUT2D eigenvalue weighted by Crippen LogP contribution is 2.28. The number of carboxylic acid groups (broad SMARTS) is 1. The number of hydrogen-bond donors (Lipinski definition) is 1. The summed E-state index contributed by atoms with van der Waals surface area (Å²) in [6.07, 6.45) is 1.50. The first kappa shape index (κ1) is 18.3. The van der Waals surface area contributed by atoms with E-state index in [2.05, 4.69) is 34.9 Å². The van der Waals surface area contributed by atoms with E-state index in [0.717, 1.165) is 22.2 Å². The summed E-state index contributed by atoms with van der Waals surface area (Å²) in [7, 11) is 0. The zero-order chi connectivity index (χ0) is 19.5. The van der Waals surface area contributed by atoms with Crippen LogP contribution >= 0.6 is 0 Å². The Bertz CT molecular complexity index is 986. The van der Waals surface area contributed by atoms with Crippen LogP contribution in [0.1, 0.15) is 19.3 Å². The minimum absolute atomic E-state index is 0.0978. The lowest BCUT2D eigenvalue weighted by molar-refractivity contribution is -0.145. The summed E-state index contributed by atoms with van der Waals surface area (Å²) in [6.45, 7) is 1.68. The molecule has 0 atom stereocenters. The highest BCUT2D eigenvalue weighted by molar-refractivity contribution is 5.87. The second-order valence-corrected chi connectivity index (χ2v) is 7.35. The molecule has 28 heavy (non-hydrogen) atoms. The third kappa shape index (κ3) is 3.65. The van der Waals surface area contributed by atoms with Gasteiger partial charge in [-0.05, 0) is 30.5 Å². The van der Waals surface area contributed by atoms with Crippen LogP contribution in [0.15, 0.2) is 60.7 Å². The number of aliphatic carboxylic acids is 1. The molecule has 0 radical (unpaired) electrons. The molecule has 1 fully saturated rings. The number of para-hydroxylation sites is 1. The van der Waals surface area contributed by atoms with E-state index in [-0.39, 0.29) is 11.8 Å². The van der Waals surface area contributed by atoms with Gasteiger partial charge in [0.2, 0.25) is 5.91 Å². The van der Waals surface area contributed by atoms with Gasteiger partial charge in [0, 0.05) is 42.7 Å². The summed E-state index contributed by atoms with van der Waals surface area (Å²) in [5.41, 5.74) is 3.37. The minimum atomic E-state index is -0.751. The average Bonchev–Trinajstić information content (AvgIpc) is 3.11. The first-order valence-electron chi connectivity index (χ1n) is 9.78. The molecule has 5 nitrogen and oxygen atoms in total. The van der Waals surface area contributed by atoms with Crippen molar-refractivity contribution in [3.63, 3.8) is 0 Å². The van der Waals surface area contributed by atoms with Crippen LogP contribution in [0, 0.1) is 5.92 Å². The molecular weight excluding hydrogens is 352 g/mol. The highest BCUT2D eigenvalue weighted by Gasteiger charge is 2.26. The lowest BCUT2D eigenvalue weighted by Gasteiger charge is -2.30. The van der Waals surface area contributed by atoms with Crippen LogP contribution in [0.4, 0.5) is 0 Å². The number of piperidine rings is 1. The Kier molecular flexibility index (Phi) is 5.15. The number of aromatic nitrogens is 1. The van der Waals surface area contributed by atoms with Crippen molar-refractivity contribution in [1.82, 2.24) is 9.47 Å². The Balaban J connectivity index is 1.52. The van der Waals surface area contributed by atoms with Crippen molar-refractivity contribution in [1.29, 1.82) is 0 Å². The van der Waals surface area contributed by atoms with Crippen LogP contribution in [-0.2, 0) is 16.1 Å². The van der Waals surface area contributed by atoms with Gasteiger partial charge in [-0.2, -0.15) is 0 Å². The molecule has 0 saturated carbocycles. The summed E-state index contributed by atoms with van der Waals surface area (Å²) in [5.74, 6) is -0.971. The number of carboxylic acids is 1. The smallest absolute Gasteiger partial charge is 0.306 e. The van der Waals surface area contributed by atoms with Gasteiger partial charge in [-0.25, -0.2) is 0 Å². The summed E-state index contributed by atoms with van der Waals surface area (Å²) in [6, 6.07) is 20.6. The lowest BCUT2D eigenvalue weighted by atomic mass is 9.97. The SMILES string of the molecule is O=C(O)C1CCN(C(=O)CCn2c(-c3ccccc3)cc3ccccc32)CC1. The van der Waals surface area contributed by atoms with Crippen molar-refractivity contribution in [2.45, 2.75) is 25.8 Å². The molecule has 0 bridgehead atoms. The number of rotatable bonds is 5. The van der Waals surface area contributed by atoms with Gasteiger partial charge in [0.25, 0.3) is 0 Å². The van der Waals surface area contributed by atoms with Crippen LogP contribution in [-0.4, -0.2) is 39.5 Å². The number of fused-ring (bicyclic) bond motifs is 1. The quantitative estimate of drug-likeness (QED) is 0.731. The third-order valence-electron chi connectivity index (χ3n) is 5.63. The number of aryl methyl sites for hydroxylation is 1. The van der Waals surface area contributed by atoms with Crippen molar-refractivity contribution in [2.24, 2.45) is 5.92 Å². The molecule has 2 heterocycles. The zero-order valence-corrected chi connectivity index (χ0v) is 15.8. The minimum Gasteiger partial charge on any atom is -0.481 e. The largest absolute Gasteiger partial charge is 0.481 e. The Labute approximate surface area is 164 Å². The van der Waals surface area contributed by atoms with E-state index in [4.69, 9.17) is 5.11 Å². The fourth-order valence-corrected chi connectivity index (χ4v) is 4.04. The molecule has 4 rings (SSSR count). The van der Waals surface area contributed by atoms with Crippen molar-refractivity contribution in [3.05, 3.63) is 60.7 Å². The van der Waals surface area contributed by atoms with Crippen molar-refractivity contribution < 1.29 is 14.7 Å². The molecule has 0 aliphatic carbocycles. The van der Waals surface area contributed by atoms with Crippen LogP contribution < -0.4 is 0 Å². The molecular formula is C23H24N2O3. The van der Waals surface area contributed by atoms with E-state index in [1.54, 1.807) is 0 Å². The normalized spacial score (nSPS) is 15.1. The lowest BCUT2D eigenvalue weighted by Crippen LogP contribution is -2.40. The highest BCUT2D eigenvalue weighted by atomic mass is 16.4. The van der Waals surface area contributed by atoms with E-state index in [0.29, 0.717) is 38.9 Å². The predicted octanol–water partition coefficient (Wildman–Crippen LogP) is 4.02. The molecule has 1 N–H and O–H groups in total. The van der Waals surface area contributed by atoms with Crippen molar-refractivity contribution >= 4 is 22.8 Å². The molecule has 144 valence electrons. The zero-order valence-electron chi connectivity index (χ0n) is 15.8. The molecule has 1 aliphatic heterocycles. The van der Waals surface area contributed by atoms with Gasteiger partial charge in [0.05, 0.1) is 5.92 Å². The molecule has 5 heteroatoms. The number of likely N-dealkylation sites (tertiary alicyclic amines) is 1. The summed E-state index contributed by atoms with van der Waals surface area (Å²) in [5, 5.41) is 10.3. The average molecular weight is 376 g/mol. The number of benzene rings is 2. The Morgan fingerprint density at radius 3 is 2.36 bits per heavy atom. The first-order valence-corrected chi connectivity index (χ1v) is 9.78. The molecule has 0 unspecified atom stereocenters. The van der Waals surface area contributed by atoms with Crippen LogP contribution in [0.3, 0.4) is 0 Å². The standard InChI is InChI=1S/C23H24N2O3/c26-22(24-13-10-18(11-14-24)23(27)28)12-15-25-20-9-5-4-8-19(20)16-21(25)17-6-2-1-3-7-17/h1-9,16,18H,10-15H2,(H,27,28). The Morgan fingerprint density at radius 2 is 1.64 bits per heavy atom. The molecule has 3 aromatic rings. The van der Waals surface area contributed by atoms with Crippen LogP contribution in [0.25, 0.3) is 22.2 Å². The number of hydrogen-bond acceptors (Lipinski definition) is 2. The van der Waals surface area contributed by atoms with Crippen LogP contribution in [0.2, 0.25) is 0 Å². The van der Waals surface area contributed by atoms with E-state index < -0.39 is 5.97 Å². The summed E-state index contributed by atoms with van der Waals surface area (Å²) in [4.78, 5) is 25.6. The van der Waals surface area contributed by atoms with Gasteiger partial charge in [0.1, 0.15) is 0 Å². The maximum Gasteiger partial charge on any atom is 0.306 e. The summed E-state index contributed by atoms with van der Waals surface area (Å²) >= 11 is 0. The third-order valence-corrected chi connectivity index (χ3v) is 5.63. The number of nitrogens with zero attached hydrogens (tertiary/aromatic N) is 2. The molecule has 1 aromatic heterocycles. The predicted molar refractivity (Wildman–Crippen MR) is 109 cm³/mol. The molecule has 2 aromatic carbocycles. The fourth-order valence-electron chi connectivity index (χ4n) is 4.04. The van der Waals surface area contributed by atoms with E-state index >= 15 is 0 Å². The van der Waals surface area contributed by atoms with E-state index in [1.165, 1.54) is 0 Å². The maximum atomic E-state index is 12.7. The van der Waals surface area contributed by atoms with Crippen molar-refractivity contribution in [3.8, 4) is 11.3 Å². The number of carbonyl (C=O) groups excluding carboxylic acids is 1. The Hall–Kier alpha value is -3.08. The van der Waals surface area contributed by atoms with Gasteiger partial charge in [0.15, 0.2) is 0 Å². The van der Waals surface area contributed by atoms with Gasteiger partial charge in [-0.3, -0.25) is 9.59 Å². The number of amides is 1. The molecule has 1 saturated heterocycles. The topological polar surface area (TPSA) is 62.5 Å². The van der Waals surface area contributed by atoms with Crippen LogP contribution in [0.5, 0.6) is 0 Å². The molecule has 1 amide bonds. The molecule has 1 aliphatic rings. The van der Waals surface area contributed by atoms with Gasteiger partial charge in [-0.1, -0.05) is 48.5 Å². The van der Waals surface area contributed by atoms with Gasteiger partial charge < -0.3 is 14.6 Å². The maximum absolute atomic E-state index is 12.7. The second kappa shape index (κ2) is 7.89. The van der Waals surface area contributed by atoms with E-state index in [9.17, 15) is 9.59 Å². The monoisotopic (exact) mass is 376 g/mol. The van der Waals surface area contributed by atoms with E-state index in [1.807, 2.05) is 35.2 Å². The van der Waals surface area contributed by atoms with Crippen molar-refractivity contribution in [2.75, 3.05) is 13.1 Å². The van der Waals surface area contributed by atoms with Gasteiger partial charge >= 0.3 is 5.97 Å². The fraction of sp³-hybridized carbons (Fsp3) is 0.304. The number of carbonyl (C=O) groups is 2. The van der Waals surface area contributed by atoms with Gasteiger partial charge in [-0.15, -0.1) is 0 Å². The summed E-state index contributed by atoms with van der Waals surface area (Å²) < 4.78 is 2.21. The second-order valence-electron chi connectivity index (χ2n) is 7.35. The Morgan fingerprint density at radius 1 is 0.964 bits per heavy atom. The first-order chi connectivity index (χ1) is 13.6.